The quantitative estimate of drug-likeness (QED) is 0.321. The first-order valence-electron chi connectivity index (χ1n) is 6.66. The summed E-state index contributed by atoms with van der Waals surface area (Å²) in [4.78, 5) is 0. The van der Waals surface area contributed by atoms with Gasteiger partial charge in [0.1, 0.15) is 0 Å². The van der Waals surface area contributed by atoms with E-state index in [1.165, 1.54) is 38.5 Å². The molecule has 0 atom stereocenters. The van der Waals surface area contributed by atoms with E-state index in [-0.39, 0.29) is 11.5 Å². The summed E-state index contributed by atoms with van der Waals surface area (Å²) in [5, 5.41) is 0. The van der Waals surface area contributed by atoms with Gasteiger partial charge in [0.05, 0.1) is 0 Å². The normalized spacial score (nSPS) is 13.4. The Morgan fingerprint density at radius 1 is 0.880 bits per heavy atom. The molecule has 0 bridgehead atoms. The number of hydrogen-bond donors (Lipinski definition) is 0. The van der Waals surface area contributed by atoms with Crippen molar-refractivity contribution in [2.45, 2.75) is 3.26 Å². The van der Waals surface area contributed by atoms with Gasteiger partial charge in [-0.1, -0.05) is 0 Å². The van der Waals surface area contributed by atoms with E-state index in [9.17, 15) is 21.8 Å². The van der Waals surface area contributed by atoms with E-state index < -0.39 is 39.5 Å². The fourth-order valence-corrected chi connectivity index (χ4v) is 10.6. The second-order valence-corrected chi connectivity index (χ2v) is 13.6. The summed E-state index contributed by atoms with van der Waals surface area (Å²) in [6, 6.07) is 8.96. The molecule has 2 rings (SSSR count). The topological polar surface area (TPSA) is 75.7 Å². The number of methoxy groups -OCH3 is 2. The molecular formula is C15H14F3IO5S-2. The number of rotatable bonds is 6. The number of hydrogen-bond acceptors (Lipinski definition) is 5. The van der Waals surface area contributed by atoms with Gasteiger partial charge in [0.2, 0.25) is 0 Å². The molecule has 0 N–H and O–H groups in total. The van der Waals surface area contributed by atoms with Gasteiger partial charge in [0.25, 0.3) is 0 Å². The standard InChI is InChI=1S/C15H15F3IO5S/c1-23-13-7-3-11(4-8-13)19(18,15(16,17)25(20,21)22)12-5-9-14(24-2)10-6-12/h3-10H,1-2H3,(H,20,21,22)/q-1/p-1. The Balaban J connectivity index is 2.73. The van der Waals surface area contributed by atoms with Gasteiger partial charge in [-0.3, -0.25) is 0 Å². The Hall–Kier alpha value is -1.53. The van der Waals surface area contributed by atoms with Crippen molar-refractivity contribution >= 4 is 10.1 Å². The summed E-state index contributed by atoms with van der Waals surface area (Å²) < 4.78 is 81.8. The van der Waals surface area contributed by atoms with Crippen LogP contribution < -0.4 is 28.5 Å². The van der Waals surface area contributed by atoms with Crippen molar-refractivity contribution in [3.63, 3.8) is 0 Å². The van der Waals surface area contributed by atoms with E-state index in [0.29, 0.717) is 0 Å². The monoisotopic (exact) mass is 490 g/mol. The first-order chi connectivity index (χ1) is 11.6. The second kappa shape index (κ2) is 7.00. The Morgan fingerprint density at radius 2 is 1.20 bits per heavy atom. The summed E-state index contributed by atoms with van der Waals surface area (Å²) in [5.74, 6) is 0.547. The van der Waals surface area contributed by atoms with Crippen LogP contribution in [0.25, 0.3) is 0 Å². The molecule has 0 saturated heterocycles. The predicted molar refractivity (Wildman–Crippen MR) is 79.1 cm³/mol. The van der Waals surface area contributed by atoms with E-state index in [2.05, 4.69) is 0 Å². The molecule has 140 valence electrons. The molecule has 2 aromatic carbocycles. The van der Waals surface area contributed by atoms with E-state index in [0.717, 1.165) is 24.3 Å². The van der Waals surface area contributed by atoms with Crippen molar-refractivity contribution in [2.24, 2.45) is 0 Å². The molecule has 25 heavy (non-hydrogen) atoms. The first kappa shape index (κ1) is 19.8. The van der Waals surface area contributed by atoms with Gasteiger partial charge >= 0.3 is 148 Å². The van der Waals surface area contributed by atoms with Crippen molar-refractivity contribution in [1.82, 2.24) is 0 Å². The summed E-state index contributed by atoms with van der Waals surface area (Å²) in [6.45, 7) is 0. The summed E-state index contributed by atoms with van der Waals surface area (Å²) >= 11 is -6.34. The number of alkyl halides is 3. The van der Waals surface area contributed by atoms with Gasteiger partial charge in [-0.2, -0.15) is 0 Å². The summed E-state index contributed by atoms with van der Waals surface area (Å²) in [7, 11) is -3.56. The Kier molecular flexibility index (Phi) is 5.54. The molecule has 0 aliphatic carbocycles. The van der Waals surface area contributed by atoms with Gasteiger partial charge < -0.3 is 0 Å². The Bertz CT molecular complexity index is 791. The second-order valence-electron chi connectivity index (χ2n) is 4.71. The molecule has 2 aromatic rings. The third-order valence-electron chi connectivity index (χ3n) is 3.29. The average molecular weight is 490 g/mol. The van der Waals surface area contributed by atoms with Crippen LogP contribution in [0.2, 0.25) is 0 Å². The number of benzene rings is 2. The van der Waals surface area contributed by atoms with Crippen molar-refractivity contribution in [3.8, 4) is 11.5 Å². The minimum atomic E-state index is -6.34. The Morgan fingerprint density at radius 3 is 1.44 bits per heavy atom. The molecular weight excluding hydrogens is 476 g/mol. The number of ether oxygens (including phenoxy) is 2. The van der Waals surface area contributed by atoms with Gasteiger partial charge in [0, 0.05) is 0 Å². The van der Waals surface area contributed by atoms with Crippen LogP contribution in [-0.4, -0.2) is 30.5 Å². The zero-order valence-electron chi connectivity index (χ0n) is 13.1. The van der Waals surface area contributed by atoms with E-state index in [1.54, 1.807) is 0 Å². The zero-order chi connectivity index (χ0) is 18.9. The molecule has 0 saturated carbocycles. The average Bonchev–Trinajstić information content (AvgIpc) is 2.60. The molecule has 0 unspecified atom stereocenters. The van der Waals surface area contributed by atoms with Crippen LogP contribution in [0.3, 0.4) is 0 Å². The summed E-state index contributed by atoms with van der Waals surface area (Å²) in [6.07, 6.45) is 0. The van der Waals surface area contributed by atoms with E-state index >= 15 is 2.86 Å². The summed E-state index contributed by atoms with van der Waals surface area (Å²) in [5.41, 5.74) is 0. The first-order valence-corrected chi connectivity index (χ1v) is 12.1. The zero-order valence-corrected chi connectivity index (χ0v) is 16.1. The number of halogens is 4. The van der Waals surface area contributed by atoms with Crippen molar-refractivity contribution < 1.29 is 53.1 Å². The van der Waals surface area contributed by atoms with Crippen LogP contribution in [0.5, 0.6) is 11.5 Å². The van der Waals surface area contributed by atoms with Crippen molar-refractivity contribution in [2.75, 3.05) is 14.2 Å². The fourth-order valence-electron chi connectivity index (χ4n) is 2.00. The molecule has 0 aliphatic rings. The molecule has 0 aromatic heterocycles. The predicted octanol–water partition coefficient (Wildman–Crippen LogP) is -0.116. The molecule has 0 amide bonds. The van der Waals surface area contributed by atoms with Crippen molar-refractivity contribution in [3.05, 3.63) is 55.7 Å². The van der Waals surface area contributed by atoms with Crippen LogP contribution >= 0.6 is 0 Å². The van der Waals surface area contributed by atoms with Gasteiger partial charge in [-0.15, -0.1) is 0 Å². The van der Waals surface area contributed by atoms with Crippen LogP contribution in [0.15, 0.2) is 48.5 Å². The molecule has 0 aliphatic heterocycles. The molecule has 5 nitrogen and oxygen atoms in total. The molecule has 0 heterocycles. The molecule has 0 spiro atoms. The van der Waals surface area contributed by atoms with E-state index in [4.69, 9.17) is 9.47 Å². The van der Waals surface area contributed by atoms with Crippen LogP contribution in [0.1, 0.15) is 0 Å². The van der Waals surface area contributed by atoms with Crippen LogP contribution in [0.4, 0.5) is 11.6 Å². The maximum absolute atomic E-state index is 15.8. The third-order valence-corrected chi connectivity index (χ3v) is 13.5. The Labute approximate surface area is 147 Å². The molecule has 0 fully saturated rings. The van der Waals surface area contributed by atoms with Crippen molar-refractivity contribution in [1.29, 1.82) is 0 Å². The van der Waals surface area contributed by atoms with Gasteiger partial charge in [-0.05, 0) is 0 Å². The van der Waals surface area contributed by atoms with E-state index in [1.807, 2.05) is 0 Å². The fraction of sp³-hybridized carbons (Fsp3) is 0.200. The molecule has 10 heteroatoms. The van der Waals surface area contributed by atoms with Gasteiger partial charge in [0.15, 0.2) is 0 Å². The minimum absolute atomic E-state index is 0.273. The maximum atomic E-state index is 15.8. The SMILES string of the molecule is COc1ccc([I-](F)(c2ccc(OC)cc2)C(F)(F)S(=O)(=O)[O-])cc1. The third kappa shape index (κ3) is 3.42. The molecule has 0 radical (unpaired) electrons. The van der Waals surface area contributed by atoms with Crippen LogP contribution in [0, 0.1) is 7.14 Å². The van der Waals surface area contributed by atoms with Crippen LogP contribution in [-0.2, 0) is 10.1 Å². The van der Waals surface area contributed by atoms with Gasteiger partial charge in [-0.25, -0.2) is 0 Å².